The second kappa shape index (κ2) is 16.6. The molecule has 10 aromatic rings. The van der Waals surface area contributed by atoms with Crippen LogP contribution >= 0.6 is 0 Å². The topological polar surface area (TPSA) is 33.5 Å². The Bertz CT molecular complexity index is 3220. The van der Waals surface area contributed by atoms with E-state index in [2.05, 4.69) is 218 Å². The molecule has 8 aromatic carbocycles. The number of rotatable bonds is 8. The molecule has 0 bridgehead atoms. The molecule has 0 radical (unpaired) electrons. The standard InChI is InChI=1S/C57H41N4O.Pt/c1-38-32-39(2)57(40(3)33-38)60-37-59(52-26-12-13-27-53(52)60)44-20-14-21-45(35-44)62-46-28-29-50-49-22-10-11-25-51(49)61(54(50)36-46)55-34-43(30-31-58-55)56-47(41-16-6-4-7-17-41)23-15-24-48(56)42-18-8-5-9-19-42;/h4-34,37H,1-3H3;/q-3;. The van der Waals surface area contributed by atoms with Crippen molar-refractivity contribution in [2.24, 2.45) is 0 Å². The Balaban J connectivity index is 0.00000471. The van der Waals surface area contributed by atoms with Crippen LogP contribution < -0.4 is 14.5 Å². The van der Waals surface area contributed by atoms with Gasteiger partial charge in [-0.3, -0.25) is 0 Å². The summed E-state index contributed by atoms with van der Waals surface area (Å²) in [6.07, 6.45) is 1.92. The Kier molecular flexibility index (Phi) is 10.5. The van der Waals surface area contributed by atoms with Gasteiger partial charge in [0, 0.05) is 61.3 Å². The first-order valence-electron chi connectivity index (χ1n) is 21.0. The van der Waals surface area contributed by atoms with Crippen molar-refractivity contribution in [2.45, 2.75) is 20.8 Å². The van der Waals surface area contributed by atoms with E-state index in [0.717, 1.165) is 78.1 Å². The number of ether oxygens (including phenoxy) is 1. The van der Waals surface area contributed by atoms with E-state index in [1.807, 2.05) is 24.4 Å². The van der Waals surface area contributed by atoms with Crippen LogP contribution in [0.25, 0.3) is 61.0 Å². The molecule has 6 heteroatoms. The Hall–Kier alpha value is -7.20. The molecule has 0 unspecified atom stereocenters. The fourth-order valence-electron chi connectivity index (χ4n) is 9.24. The minimum absolute atomic E-state index is 0. The van der Waals surface area contributed by atoms with Crippen molar-refractivity contribution in [3.63, 3.8) is 0 Å². The summed E-state index contributed by atoms with van der Waals surface area (Å²) >= 11 is 0. The van der Waals surface area contributed by atoms with E-state index < -0.39 is 0 Å². The largest absolute Gasteiger partial charge is 0.509 e. The van der Waals surface area contributed by atoms with Crippen molar-refractivity contribution >= 4 is 44.6 Å². The van der Waals surface area contributed by atoms with Gasteiger partial charge in [-0.15, -0.1) is 48.1 Å². The number of hydrogen-bond acceptors (Lipinski definition) is 4. The number of aromatic nitrogens is 2. The van der Waals surface area contributed by atoms with Gasteiger partial charge in [-0.1, -0.05) is 132 Å². The zero-order chi connectivity index (χ0) is 41.7. The molecule has 1 aliphatic heterocycles. The zero-order valence-electron chi connectivity index (χ0n) is 35.0. The molecule has 5 nitrogen and oxygen atoms in total. The number of nitrogens with zero attached hydrogens (tertiary/aromatic N) is 4. The summed E-state index contributed by atoms with van der Waals surface area (Å²) in [5.41, 5.74) is 16.8. The average molecular weight is 993 g/mol. The van der Waals surface area contributed by atoms with Gasteiger partial charge in [0.2, 0.25) is 0 Å². The fraction of sp³-hybridized carbons (Fsp3) is 0.0526. The average Bonchev–Trinajstić information content (AvgIpc) is 3.85. The summed E-state index contributed by atoms with van der Waals surface area (Å²) in [6.45, 7) is 8.67. The second-order valence-electron chi connectivity index (χ2n) is 15.9. The molecule has 3 heterocycles. The number of hydrogen-bond donors (Lipinski definition) is 0. The van der Waals surface area contributed by atoms with E-state index in [1.54, 1.807) is 0 Å². The zero-order valence-corrected chi connectivity index (χ0v) is 37.3. The molecule has 0 saturated heterocycles. The molecule has 0 fully saturated rings. The van der Waals surface area contributed by atoms with Crippen LogP contribution in [-0.2, 0) is 21.1 Å². The maximum Gasteiger partial charge on any atom is 0.136 e. The molecule has 11 rings (SSSR count). The first-order valence-corrected chi connectivity index (χ1v) is 21.0. The summed E-state index contributed by atoms with van der Waals surface area (Å²) in [7, 11) is 0. The summed E-state index contributed by atoms with van der Waals surface area (Å²) in [4.78, 5) is 9.50. The third kappa shape index (κ3) is 7.19. The second-order valence-corrected chi connectivity index (χ2v) is 15.9. The Morgan fingerprint density at radius 1 is 0.524 bits per heavy atom. The van der Waals surface area contributed by atoms with Gasteiger partial charge < -0.3 is 19.1 Å². The molecule has 0 saturated carbocycles. The van der Waals surface area contributed by atoms with E-state index in [-0.39, 0.29) is 21.1 Å². The molecule has 0 atom stereocenters. The van der Waals surface area contributed by atoms with Gasteiger partial charge in [0.05, 0.1) is 0 Å². The van der Waals surface area contributed by atoms with Crippen molar-refractivity contribution in [1.29, 1.82) is 0 Å². The van der Waals surface area contributed by atoms with Gasteiger partial charge in [-0.05, 0) is 101 Å². The van der Waals surface area contributed by atoms with Gasteiger partial charge in [-0.25, -0.2) is 4.98 Å². The molecule has 0 N–H and O–H groups in total. The molecule has 308 valence electrons. The van der Waals surface area contributed by atoms with Crippen LogP contribution in [-0.4, -0.2) is 9.55 Å². The first-order chi connectivity index (χ1) is 30.5. The van der Waals surface area contributed by atoms with Crippen LogP contribution in [0.4, 0.5) is 22.7 Å². The van der Waals surface area contributed by atoms with Gasteiger partial charge >= 0.3 is 0 Å². The minimum Gasteiger partial charge on any atom is -0.509 e. The van der Waals surface area contributed by atoms with E-state index in [9.17, 15) is 0 Å². The number of aryl methyl sites for hydroxylation is 3. The number of fused-ring (bicyclic) bond motifs is 4. The molecule has 63 heavy (non-hydrogen) atoms. The molecule has 1 aliphatic rings. The quantitative estimate of drug-likeness (QED) is 0.142. The first kappa shape index (κ1) is 39.9. The van der Waals surface area contributed by atoms with Crippen LogP contribution in [0.15, 0.2) is 188 Å². The van der Waals surface area contributed by atoms with Gasteiger partial charge in [0.25, 0.3) is 0 Å². The maximum atomic E-state index is 6.65. The normalized spacial score (nSPS) is 12.1. The third-order valence-corrected chi connectivity index (χ3v) is 11.8. The van der Waals surface area contributed by atoms with E-state index >= 15 is 0 Å². The number of pyridine rings is 1. The molecular weight excluding hydrogens is 952 g/mol. The van der Waals surface area contributed by atoms with E-state index in [4.69, 9.17) is 9.72 Å². The van der Waals surface area contributed by atoms with Crippen LogP contribution in [0.5, 0.6) is 11.5 Å². The van der Waals surface area contributed by atoms with Crippen molar-refractivity contribution in [2.75, 3.05) is 9.80 Å². The fourth-order valence-corrected chi connectivity index (χ4v) is 9.24. The summed E-state index contributed by atoms with van der Waals surface area (Å²) in [5.74, 6) is 1.98. The van der Waals surface area contributed by atoms with Gasteiger partial charge in [-0.2, -0.15) is 12.1 Å². The predicted molar refractivity (Wildman–Crippen MR) is 255 cm³/mol. The molecule has 0 amide bonds. The molecule has 0 spiro atoms. The van der Waals surface area contributed by atoms with Crippen molar-refractivity contribution < 1.29 is 25.8 Å². The molecule has 0 aliphatic carbocycles. The monoisotopic (exact) mass is 992 g/mol. The van der Waals surface area contributed by atoms with Crippen LogP contribution in [0.2, 0.25) is 0 Å². The molecular formula is C57H41N4OPt-3. The van der Waals surface area contributed by atoms with E-state index in [0.29, 0.717) is 11.5 Å². The minimum atomic E-state index is 0. The maximum absolute atomic E-state index is 6.65. The number of benzene rings is 8. The van der Waals surface area contributed by atoms with Crippen LogP contribution in [0, 0.1) is 39.6 Å². The van der Waals surface area contributed by atoms with Crippen LogP contribution in [0.3, 0.4) is 0 Å². The number of anilines is 4. The SMILES string of the molecule is Cc1cc(C)c(N2[CH-]N(c3[c-]c(Oc4[c-]c5c(cc4)c4ccccc4n5-c4cc(-c5c(-c6ccccc6)cccc5-c5ccccc5)ccn4)ccc3)c3ccccc32)c(C)c1.[Pt]. The molecule has 2 aromatic heterocycles. The van der Waals surface area contributed by atoms with Crippen molar-refractivity contribution in [3.8, 4) is 50.7 Å². The van der Waals surface area contributed by atoms with Gasteiger partial charge in [0.1, 0.15) is 5.82 Å². The van der Waals surface area contributed by atoms with Crippen molar-refractivity contribution in [3.05, 3.63) is 224 Å². The van der Waals surface area contributed by atoms with Gasteiger partial charge in [0.15, 0.2) is 0 Å². The number of para-hydroxylation sites is 3. The third-order valence-electron chi connectivity index (χ3n) is 11.8. The van der Waals surface area contributed by atoms with E-state index in [1.165, 1.54) is 22.4 Å². The van der Waals surface area contributed by atoms with Crippen LogP contribution in [0.1, 0.15) is 16.7 Å². The summed E-state index contributed by atoms with van der Waals surface area (Å²) < 4.78 is 8.85. The Labute approximate surface area is 382 Å². The predicted octanol–water partition coefficient (Wildman–Crippen LogP) is 14.9. The summed E-state index contributed by atoms with van der Waals surface area (Å²) in [5, 5.41) is 2.19. The van der Waals surface area contributed by atoms with Crippen molar-refractivity contribution in [1.82, 2.24) is 9.55 Å². The summed E-state index contributed by atoms with van der Waals surface area (Å²) in [6, 6.07) is 71.0. The Morgan fingerprint density at radius 3 is 1.86 bits per heavy atom. The smallest absolute Gasteiger partial charge is 0.136 e. The Morgan fingerprint density at radius 2 is 1.14 bits per heavy atom.